The number of amides is 1. The lowest BCUT2D eigenvalue weighted by Gasteiger charge is -2.01. The van der Waals surface area contributed by atoms with Crippen molar-refractivity contribution in [2.45, 2.75) is 6.54 Å². The highest BCUT2D eigenvalue weighted by Crippen LogP contribution is 2.09. The summed E-state index contributed by atoms with van der Waals surface area (Å²) in [6.45, 7) is 0.171. The maximum absolute atomic E-state index is 12.7. The predicted molar refractivity (Wildman–Crippen MR) is 44.0 cm³/mol. The van der Waals surface area contributed by atoms with E-state index in [1.807, 2.05) is 6.07 Å². The Morgan fingerprint density at radius 1 is 1.62 bits per heavy atom. The highest BCUT2D eigenvalue weighted by molar-refractivity contribution is 5.47. The molecule has 0 unspecified atom stereocenters. The van der Waals surface area contributed by atoms with Crippen LogP contribution < -0.4 is 5.32 Å². The van der Waals surface area contributed by atoms with Crippen LogP contribution >= 0.6 is 0 Å². The van der Waals surface area contributed by atoms with E-state index in [9.17, 15) is 9.18 Å². The molecule has 1 aromatic rings. The van der Waals surface area contributed by atoms with Gasteiger partial charge in [0.1, 0.15) is 5.82 Å². The average molecular weight is 178 g/mol. The third kappa shape index (κ3) is 2.27. The second-order valence-electron chi connectivity index (χ2n) is 2.41. The Bertz CT molecular complexity index is 357. The third-order valence-corrected chi connectivity index (χ3v) is 1.56. The first-order valence-corrected chi connectivity index (χ1v) is 3.63. The third-order valence-electron chi connectivity index (χ3n) is 1.56. The summed E-state index contributed by atoms with van der Waals surface area (Å²) in [4.78, 5) is 9.97. The molecule has 0 fully saturated rings. The molecule has 0 aliphatic rings. The molecule has 66 valence electrons. The fourth-order valence-corrected chi connectivity index (χ4v) is 0.969. The van der Waals surface area contributed by atoms with E-state index < -0.39 is 5.82 Å². The fraction of sp³-hybridized carbons (Fsp3) is 0.111. The first kappa shape index (κ1) is 9.20. The van der Waals surface area contributed by atoms with Gasteiger partial charge in [-0.05, 0) is 23.8 Å². The first-order chi connectivity index (χ1) is 6.27. The summed E-state index contributed by atoms with van der Waals surface area (Å²) < 4.78 is 12.7. The van der Waals surface area contributed by atoms with Crippen molar-refractivity contribution < 1.29 is 9.18 Å². The predicted octanol–water partition coefficient (Wildman–Crippen LogP) is 0.943. The zero-order valence-electron chi connectivity index (χ0n) is 6.75. The molecule has 0 aliphatic carbocycles. The molecule has 1 aromatic carbocycles. The average Bonchev–Trinajstić information content (AvgIpc) is 2.15. The van der Waals surface area contributed by atoms with Crippen LogP contribution in [0.5, 0.6) is 0 Å². The molecule has 4 heteroatoms. The van der Waals surface area contributed by atoms with E-state index in [4.69, 9.17) is 5.26 Å². The number of rotatable bonds is 3. The fourth-order valence-electron chi connectivity index (χ4n) is 0.969. The minimum atomic E-state index is -0.415. The molecule has 0 bridgehead atoms. The van der Waals surface area contributed by atoms with Crippen LogP contribution in [-0.4, -0.2) is 6.41 Å². The van der Waals surface area contributed by atoms with Crippen molar-refractivity contribution in [3.05, 3.63) is 35.1 Å². The van der Waals surface area contributed by atoms with Gasteiger partial charge in [0.2, 0.25) is 6.41 Å². The van der Waals surface area contributed by atoms with E-state index in [0.717, 1.165) is 0 Å². The van der Waals surface area contributed by atoms with Crippen LogP contribution in [0.2, 0.25) is 0 Å². The largest absolute Gasteiger partial charge is 0.355 e. The number of carbonyl (C=O) groups excluding carboxylic acids is 1. The molecule has 0 spiro atoms. The van der Waals surface area contributed by atoms with Crippen LogP contribution in [0.25, 0.3) is 0 Å². The molecular weight excluding hydrogens is 171 g/mol. The maximum atomic E-state index is 12.7. The van der Waals surface area contributed by atoms with Crippen LogP contribution in [0.15, 0.2) is 18.2 Å². The van der Waals surface area contributed by atoms with E-state index in [2.05, 4.69) is 5.32 Å². The topological polar surface area (TPSA) is 52.9 Å². The second kappa shape index (κ2) is 4.21. The van der Waals surface area contributed by atoms with Crippen molar-refractivity contribution in [1.29, 1.82) is 5.26 Å². The van der Waals surface area contributed by atoms with Crippen LogP contribution in [0.4, 0.5) is 4.39 Å². The molecule has 0 saturated heterocycles. The van der Waals surface area contributed by atoms with Crippen LogP contribution in [-0.2, 0) is 11.3 Å². The monoisotopic (exact) mass is 178 g/mol. The summed E-state index contributed by atoms with van der Waals surface area (Å²) in [5.74, 6) is -0.415. The zero-order valence-corrected chi connectivity index (χ0v) is 6.75. The summed E-state index contributed by atoms with van der Waals surface area (Å²) >= 11 is 0. The summed E-state index contributed by atoms with van der Waals surface area (Å²) in [6.07, 6.45) is 0.506. The summed E-state index contributed by atoms with van der Waals surface area (Å²) in [5.41, 5.74) is 0.852. The number of halogens is 1. The number of nitriles is 1. The smallest absolute Gasteiger partial charge is 0.207 e. The highest BCUT2D eigenvalue weighted by atomic mass is 19.1. The van der Waals surface area contributed by atoms with Crippen LogP contribution in [0.1, 0.15) is 11.1 Å². The quantitative estimate of drug-likeness (QED) is 0.700. The molecule has 0 aliphatic heterocycles. The molecule has 0 saturated carbocycles. The lowest BCUT2D eigenvalue weighted by molar-refractivity contribution is -0.109. The van der Waals surface area contributed by atoms with Gasteiger partial charge in [-0.3, -0.25) is 4.79 Å². The van der Waals surface area contributed by atoms with Crippen LogP contribution in [0, 0.1) is 17.1 Å². The van der Waals surface area contributed by atoms with Gasteiger partial charge in [0, 0.05) is 6.54 Å². The normalized spacial score (nSPS) is 8.92. The van der Waals surface area contributed by atoms with Crippen molar-refractivity contribution in [3.8, 4) is 6.07 Å². The van der Waals surface area contributed by atoms with Gasteiger partial charge in [0.15, 0.2) is 0 Å². The van der Waals surface area contributed by atoms with Crippen molar-refractivity contribution >= 4 is 6.41 Å². The molecule has 0 heterocycles. The van der Waals surface area contributed by atoms with Crippen LogP contribution in [0.3, 0.4) is 0 Å². The van der Waals surface area contributed by atoms with Gasteiger partial charge < -0.3 is 5.32 Å². The van der Waals surface area contributed by atoms with Crippen molar-refractivity contribution in [1.82, 2.24) is 5.32 Å². The van der Waals surface area contributed by atoms with E-state index >= 15 is 0 Å². The molecule has 0 radical (unpaired) electrons. The zero-order chi connectivity index (χ0) is 9.68. The standard InChI is InChI=1S/C9H7FN2O/c10-9-2-1-7(4-11)8(3-9)5-12-6-13/h1-3,6H,5H2,(H,12,13). The Kier molecular flexibility index (Phi) is 2.98. The van der Waals surface area contributed by atoms with E-state index in [1.165, 1.54) is 18.2 Å². The second-order valence-corrected chi connectivity index (χ2v) is 2.41. The number of hydrogen-bond donors (Lipinski definition) is 1. The van der Waals surface area contributed by atoms with Crippen molar-refractivity contribution in [2.75, 3.05) is 0 Å². The summed E-state index contributed by atoms with van der Waals surface area (Å²) in [5, 5.41) is 11.0. The lowest BCUT2D eigenvalue weighted by Crippen LogP contribution is -2.11. The van der Waals surface area contributed by atoms with E-state index in [-0.39, 0.29) is 6.54 Å². The number of hydrogen-bond acceptors (Lipinski definition) is 2. The Hall–Kier alpha value is -1.89. The Morgan fingerprint density at radius 3 is 3.00 bits per heavy atom. The Balaban J connectivity index is 2.95. The minimum Gasteiger partial charge on any atom is -0.355 e. The van der Waals surface area contributed by atoms with E-state index in [0.29, 0.717) is 17.5 Å². The van der Waals surface area contributed by atoms with Gasteiger partial charge in [0.25, 0.3) is 0 Å². The molecule has 1 amide bonds. The SMILES string of the molecule is N#Cc1ccc(F)cc1CNC=O. The van der Waals surface area contributed by atoms with Crippen molar-refractivity contribution in [2.24, 2.45) is 0 Å². The number of benzene rings is 1. The van der Waals surface area contributed by atoms with Gasteiger partial charge in [-0.1, -0.05) is 0 Å². The molecule has 3 nitrogen and oxygen atoms in total. The lowest BCUT2D eigenvalue weighted by atomic mass is 10.1. The molecular formula is C9H7FN2O. The Labute approximate surface area is 74.8 Å². The Morgan fingerprint density at radius 2 is 2.38 bits per heavy atom. The number of nitrogens with one attached hydrogen (secondary N) is 1. The van der Waals surface area contributed by atoms with Gasteiger partial charge in [-0.2, -0.15) is 5.26 Å². The number of carbonyl (C=O) groups is 1. The molecule has 0 atom stereocenters. The molecule has 1 rings (SSSR count). The van der Waals surface area contributed by atoms with E-state index in [1.54, 1.807) is 0 Å². The summed E-state index contributed by atoms with van der Waals surface area (Å²) in [6, 6.07) is 5.74. The summed E-state index contributed by atoms with van der Waals surface area (Å²) in [7, 11) is 0. The van der Waals surface area contributed by atoms with Gasteiger partial charge in [-0.25, -0.2) is 4.39 Å². The van der Waals surface area contributed by atoms with Crippen molar-refractivity contribution in [3.63, 3.8) is 0 Å². The highest BCUT2D eigenvalue weighted by Gasteiger charge is 2.02. The van der Waals surface area contributed by atoms with Gasteiger partial charge in [0.05, 0.1) is 11.6 Å². The van der Waals surface area contributed by atoms with Gasteiger partial charge >= 0.3 is 0 Å². The molecule has 0 aromatic heterocycles. The van der Waals surface area contributed by atoms with Gasteiger partial charge in [-0.15, -0.1) is 0 Å². The molecule has 13 heavy (non-hydrogen) atoms. The maximum Gasteiger partial charge on any atom is 0.207 e. The number of nitrogens with zero attached hydrogens (tertiary/aromatic N) is 1. The minimum absolute atomic E-state index is 0.171. The molecule has 1 N–H and O–H groups in total. The first-order valence-electron chi connectivity index (χ1n) is 3.63.